The number of carbonyl (C=O) groups is 1. The van der Waals surface area contributed by atoms with Crippen LogP contribution in [-0.2, 0) is 22.3 Å². The zero-order chi connectivity index (χ0) is 21.4. The molecule has 1 aromatic heterocycles. The van der Waals surface area contributed by atoms with Crippen molar-refractivity contribution in [2.24, 2.45) is 0 Å². The summed E-state index contributed by atoms with van der Waals surface area (Å²) in [6.07, 6.45) is 1.48. The van der Waals surface area contributed by atoms with Gasteiger partial charge in [0, 0.05) is 23.6 Å². The molecular formula is C22H24N2O4S2. The quantitative estimate of drug-likeness (QED) is 0.465. The number of amides is 1. The first-order valence-electron chi connectivity index (χ1n) is 9.48. The van der Waals surface area contributed by atoms with Crippen LogP contribution in [0.4, 0.5) is 0 Å². The molecular weight excluding hydrogens is 420 g/mol. The lowest BCUT2D eigenvalue weighted by atomic mass is 10.2. The van der Waals surface area contributed by atoms with Crippen LogP contribution < -0.4 is 10.0 Å². The van der Waals surface area contributed by atoms with Gasteiger partial charge in [-0.25, -0.2) is 13.1 Å². The van der Waals surface area contributed by atoms with E-state index in [1.165, 1.54) is 29.5 Å². The lowest BCUT2D eigenvalue weighted by Crippen LogP contribution is -2.27. The molecule has 3 rings (SSSR count). The first kappa shape index (κ1) is 22.1. The molecule has 0 aliphatic rings. The van der Waals surface area contributed by atoms with E-state index < -0.39 is 10.0 Å². The van der Waals surface area contributed by atoms with Crippen molar-refractivity contribution in [3.63, 3.8) is 0 Å². The van der Waals surface area contributed by atoms with Crippen LogP contribution in [0.1, 0.15) is 27.2 Å². The van der Waals surface area contributed by atoms with Crippen LogP contribution in [0.3, 0.4) is 0 Å². The van der Waals surface area contributed by atoms with Gasteiger partial charge >= 0.3 is 0 Å². The monoisotopic (exact) mass is 444 g/mol. The lowest BCUT2D eigenvalue weighted by molar-refractivity contribution is 0.0956. The van der Waals surface area contributed by atoms with Gasteiger partial charge in [-0.2, -0.15) is 11.8 Å². The third-order valence-electron chi connectivity index (χ3n) is 4.34. The van der Waals surface area contributed by atoms with Gasteiger partial charge in [-0.15, -0.1) is 0 Å². The SMILES string of the molecule is Cc1ccc(CSCCNC(=O)c2cccc(S(=O)(=O)NCc3ccco3)c2)cc1. The number of furan rings is 1. The van der Waals surface area contributed by atoms with Crippen molar-refractivity contribution in [2.45, 2.75) is 24.1 Å². The van der Waals surface area contributed by atoms with Crippen LogP contribution in [0.25, 0.3) is 0 Å². The summed E-state index contributed by atoms with van der Waals surface area (Å²) < 4.78 is 32.5. The van der Waals surface area contributed by atoms with E-state index in [1.54, 1.807) is 36.0 Å². The number of carbonyl (C=O) groups excluding carboxylic acids is 1. The Bertz CT molecular complexity index is 1060. The topological polar surface area (TPSA) is 88.4 Å². The van der Waals surface area contributed by atoms with Gasteiger partial charge in [-0.3, -0.25) is 4.79 Å². The highest BCUT2D eigenvalue weighted by atomic mass is 32.2. The Labute approximate surface area is 181 Å². The van der Waals surface area contributed by atoms with Crippen LogP contribution in [0.15, 0.2) is 76.2 Å². The Balaban J connectivity index is 1.48. The second-order valence-electron chi connectivity index (χ2n) is 6.73. The predicted molar refractivity (Wildman–Crippen MR) is 119 cm³/mol. The predicted octanol–water partition coefficient (Wildman–Crippen LogP) is 3.73. The summed E-state index contributed by atoms with van der Waals surface area (Å²) in [5.41, 5.74) is 2.78. The van der Waals surface area contributed by atoms with E-state index in [9.17, 15) is 13.2 Å². The zero-order valence-electron chi connectivity index (χ0n) is 16.6. The zero-order valence-corrected chi connectivity index (χ0v) is 18.3. The summed E-state index contributed by atoms with van der Waals surface area (Å²) in [4.78, 5) is 12.4. The second kappa shape index (κ2) is 10.5. The Morgan fingerprint density at radius 2 is 1.87 bits per heavy atom. The van der Waals surface area contributed by atoms with Crippen molar-refractivity contribution >= 4 is 27.7 Å². The molecule has 0 aliphatic carbocycles. The third kappa shape index (κ3) is 6.48. The normalized spacial score (nSPS) is 11.4. The summed E-state index contributed by atoms with van der Waals surface area (Å²) in [5.74, 6) is 1.86. The minimum Gasteiger partial charge on any atom is -0.468 e. The number of hydrogen-bond donors (Lipinski definition) is 2. The average molecular weight is 445 g/mol. The van der Waals surface area contributed by atoms with E-state index in [0.29, 0.717) is 17.9 Å². The number of thioether (sulfide) groups is 1. The highest BCUT2D eigenvalue weighted by molar-refractivity contribution is 7.98. The molecule has 0 radical (unpaired) electrons. The largest absolute Gasteiger partial charge is 0.468 e. The smallest absolute Gasteiger partial charge is 0.251 e. The van der Waals surface area contributed by atoms with Gasteiger partial charge in [-0.05, 0) is 42.8 Å². The molecule has 0 unspecified atom stereocenters. The van der Waals surface area contributed by atoms with Crippen LogP contribution in [0.5, 0.6) is 0 Å². The van der Waals surface area contributed by atoms with E-state index in [1.807, 2.05) is 0 Å². The molecule has 0 saturated carbocycles. The number of aryl methyl sites for hydroxylation is 1. The highest BCUT2D eigenvalue weighted by Crippen LogP contribution is 2.14. The van der Waals surface area contributed by atoms with Crippen LogP contribution in [0.2, 0.25) is 0 Å². The Kier molecular flexibility index (Phi) is 7.73. The number of rotatable bonds is 10. The van der Waals surface area contributed by atoms with E-state index in [4.69, 9.17) is 4.42 Å². The maximum absolute atomic E-state index is 12.5. The van der Waals surface area contributed by atoms with E-state index in [-0.39, 0.29) is 17.3 Å². The van der Waals surface area contributed by atoms with Crippen LogP contribution in [0, 0.1) is 6.92 Å². The summed E-state index contributed by atoms with van der Waals surface area (Å²) >= 11 is 1.73. The number of nitrogens with one attached hydrogen (secondary N) is 2. The third-order valence-corrected chi connectivity index (χ3v) is 6.77. The molecule has 0 spiro atoms. The summed E-state index contributed by atoms with van der Waals surface area (Å²) in [5, 5.41) is 2.84. The molecule has 30 heavy (non-hydrogen) atoms. The molecule has 1 amide bonds. The molecule has 2 aromatic carbocycles. The van der Waals surface area contributed by atoms with Crippen molar-refractivity contribution in [3.8, 4) is 0 Å². The van der Waals surface area contributed by atoms with Gasteiger partial charge in [0.2, 0.25) is 10.0 Å². The van der Waals surface area contributed by atoms with Gasteiger partial charge in [0.1, 0.15) is 5.76 Å². The van der Waals surface area contributed by atoms with Gasteiger partial charge < -0.3 is 9.73 Å². The van der Waals surface area contributed by atoms with Crippen molar-refractivity contribution in [3.05, 3.63) is 89.4 Å². The fraction of sp³-hybridized carbons (Fsp3) is 0.227. The van der Waals surface area contributed by atoms with Crippen molar-refractivity contribution in [1.82, 2.24) is 10.0 Å². The first-order valence-corrected chi connectivity index (χ1v) is 12.1. The second-order valence-corrected chi connectivity index (χ2v) is 9.60. The number of sulfonamides is 1. The molecule has 1 heterocycles. The average Bonchev–Trinajstić information content (AvgIpc) is 3.27. The minimum atomic E-state index is -3.75. The summed E-state index contributed by atoms with van der Waals surface area (Å²) in [6.45, 7) is 2.61. The lowest BCUT2D eigenvalue weighted by Gasteiger charge is -2.09. The van der Waals surface area contributed by atoms with Crippen molar-refractivity contribution < 1.29 is 17.6 Å². The molecule has 0 bridgehead atoms. The maximum Gasteiger partial charge on any atom is 0.251 e. The van der Waals surface area contributed by atoms with E-state index in [0.717, 1.165) is 11.5 Å². The standard InChI is InChI=1S/C22H24N2O4S2/c1-17-7-9-18(10-8-17)16-29-13-11-23-22(25)19-4-2-6-21(14-19)30(26,27)24-15-20-5-3-12-28-20/h2-10,12,14,24H,11,13,15-16H2,1H3,(H,23,25). The van der Waals surface area contributed by atoms with Gasteiger partial charge in [-0.1, -0.05) is 35.9 Å². The van der Waals surface area contributed by atoms with Crippen molar-refractivity contribution in [1.29, 1.82) is 0 Å². The number of benzene rings is 2. The Morgan fingerprint density at radius 1 is 1.07 bits per heavy atom. The van der Waals surface area contributed by atoms with Crippen LogP contribution >= 0.6 is 11.8 Å². The summed E-state index contributed by atoms with van der Waals surface area (Å²) in [6, 6.07) is 17.7. The minimum absolute atomic E-state index is 0.0375. The highest BCUT2D eigenvalue weighted by Gasteiger charge is 2.16. The molecule has 0 atom stereocenters. The van der Waals surface area contributed by atoms with Gasteiger partial charge in [0.25, 0.3) is 5.91 Å². The van der Waals surface area contributed by atoms with Gasteiger partial charge in [0.05, 0.1) is 17.7 Å². The fourth-order valence-electron chi connectivity index (χ4n) is 2.68. The Morgan fingerprint density at radius 3 is 2.60 bits per heavy atom. The molecule has 158 valence electrons. The van der Waals surface area contributed by atoms with E-state index in [2.05, 4.69) is 41.2 Å². The Hall–Kier alpha value is -2.55. The van der Waals surface area contributed by atoms with Crippen LogP contribution in [-0.4, -0.2) is 26.6 Å². The molecule has 6 nitrogen and oxygen atoms in total. The summed E-state index contributed by atoms with van der Waals surface area (Å²) in [7, 11) is -3.75. The fourth-order valence-corrected chi connectivity index (χ4v) is 4.54. The molecule has 0 aliphatic heterocycles. The van der Waals surface area contributed by atoms with E-state index >= 15 is 0 Å². The molecule has 8 heteroatoms. The van der Waals surface area contributed by atoms with Crippen molar-refractivity contribution in [2.75, 3.05) is 12.3 Å². The molecule has 2 N–H and O–H groups in total. The molecule has 0 fully saturated rings. The maximum atomic E-state index is 12.5. The number of hydrogen-bond acceptors (Lipinski definition) is 5. The van der Waals surface area contributed by atoms with Gasteiger partial charge in [0.15, 0.2) is 0 Å². The first-order chi connectivity index (χ1) is 14.4. The molecule has 0 saturated heterocycles. The molecule has 3 aromatic rings.